The van der Waals surface area contributed by atoms with Gasteiger partial charge < -0.3 is 9.84 Å². The lowest BCUT2D eigenvalue weighted by Gasteiger charge is -2.14. The maximum atomic E-state index is 9.70. The van der Waals surface area contributed by atoms with Crippen molar-refractivity contribution in [1.29, 1.82) is 5.26 Å². The molecule has 2 N–H and O–H groups in total. The molecule has 0 aliphatic carbocycles. The summed E-state index contributed by atoms with van der Waals surface area (Å²) in [6.45, 7) is 2.91. The van der Waals surface area contributed by atoms with Crippen LogP contribution in [0, 0.1) is 11.3 Å². The third-order valence-electron chi connectivity index (χ3n) is 3.10. The average Bonchev–Trinajstić information content (AvgIpc) is 2.52. The molecule has 21 heavy (non-hydrogen) atoms. The number of hydrogen-bond donors (Lipinski definition) is 2. The van der Waals surface area contributed by atoms with E-state index in [1.165, 1.54) is 0 Å². The first-order valence-corrected chi connectivity index (χ1v) is 6.87. The lowest BCUT2D eigenvalue weighted by atomic mass is 10.1. The van der Waals surface area contributed by atoms with E-state index in [1.807, 2.05) is 37.3 Å². The van der Waals surface area contributed by atoms with Gasteiger partial charge in [0.05, 0.1) is 12.7 Å². The van der Waals surface area contributed by atoms with Crippen molar-refractivity contribution in [1.82, 2.24) is 5.32 Å². The summed E-state index contributed by atoms with van der Waals surface area (Å²) in [4.78, 5) is 0. The van der Waals surface area contributed by atoms with E-state index in [-0.39, 0.29) is 5.75 Å². The van der Waals surface area contributed by atoms with E-state index in [0.717, 1.165) is 11.1 Å². The fourth-order valence-corrected chi connectivity index (χ4v) is 2.04. The molecule has 0 saturated heterocycles. The van der Waals surface area contributed by atoms with E-state index < -0.39 is 6.04 Å². The summed E-state index contributed by atoms with van der Waals surface area (Å²) in [7, 11) is 0. The van der Waals surface area contributed by atoms with E-state index in [1.54, 1.807) is 18.2 Å². The third kappa shape index (κ3) is 3.98. The van der Waals surface area contributed by atoms with Gasteiger partial charge in [0.1, 0.15) is 6.04 Å². The van der Waals surface area contributed by atoms with Crippen molar-refractivity contribution < 1.29 is 9.84 Å². The minimum Gasteiger partial charge on any atom is -0.504 e. The Labute approximate surface area is 124 Å². The SMILES string of the molecule is CCOc1cc(C(C#N)NCc2ccccc2)ccc1O. The Bertz CT molecular complexity index is 620. The molecule has 1 atom stereocenters. The zero-order valence-electron chi connectivity index (χ0n) is 11.9. The molecule has 0 aliphatic heterocycles. The number of nitrogens with zero attached hydrogens (tertiary/aromatic N) is 1. The second-order valence-electron chi connectivity index (χ2n) is 4.59. The number of nitriles is 1. The molecule has 0 saturated carbocycles. The van der Waals surface area contributed by atoms with Gasteiger partial charge in [0, 0.05) is 6.54 Å². The molecule has 2 aromatic rings. The van der Waals surface area contributed by atoms with Crippen LogP contribution in [0.2, 0.25) is 0 Å². The predicted octanol–water partition coefficient (Wildman–Crippen LogP) is 3.15. The van der Waals surface area contributed by atoms with Crippen LogP contribution in [0.3, 0.4) is 0 Å². The molecule has 0 radical (unpaired) electrons. The number of benzene rings is 2. The Kier molecular flexibility index (Phi) is 5.19. The molecule has 0 aromatic heterocycles. The van der Waals surface area contributed by atoms with Gasteiger partial charge in [0.25, 0.3) is 0 Å². The van der Waals surface area contributed by atoms with E-state index in [2.05, 4.69) is 11.4 Å². The number of nitrogens with one attached hydrogen (secondary N) is 1. The molecule has 0 heterocycles. The number of hydrogen-bond acceptors (Lipinski definition) is 4. The highest BCUT2D eigenvalue weighted by molar-refractivity contribution is 5.43. The maximum Gasteiger partial charge on any atom is 0.161 e. The van der Waals surface area contributed by atoms with Gasteiger partial charge in [0.15, 0.2) is 11.5 Å². The number of ether oxygens (including phenoxy) is 1. The van der Waals surface area contributed by atoms with Crippen molar-refractivity contribution in [3.8, 4) is 17.6 Å². The Morgan fingerprint density at radius 1 is 1.24 bits per heavy atom. The molecule has 1 unspecified atom stereocenters. The molecular weight excluding hydrogens is 264 g/mol. The van der Waals surface area contributed by atoms with Gasteiger partial charge in [-0.2, -0.15) is 5.26 Å². The Morgan fingerprint density at radius 2 is 2.00 bits per heavy atom. The zero-order chi connectivity index (χ0) is 15.1. The van der Waals surface area contributed by atoms with Crippen LogP contribution in [0.15, 0.2) is 48.5 Å². The van der Waals surface area contributed by atoms with Gasteiger partial charge in [0.2, 0.25) is 0 Å². The first-order valence-electron chi connectivity index (χ1n) is 6.87. The lowest BCUT2D eigenvalue weighted by Crippen LogP contribution is -2.19. The summed E-state index contributed by atoms with van der Waals surface area (Å²) in [6.07, 6.45) is 0. The van der Waals surface area contributed by atoms with Crippen LogP contribution < -0.4 is 10.1 Å². The van der Waals surface area contributed by atoms with Crippen molar-refractivity contribution in [3.63, 3.8) is 0 Å². The quantitative estimate of drug-likeness (QED) is 0.854. The summed E-state index contributed by atoms with van der Waals surface area (Å²) in [5, 5.41) is 22.2. The predicted molar refractivity (Wildman–Crippen MR) is 80.9 cm³/mol. The standard InChI is InChI=1S/C17H18N2O2/c1-2-21-17-10-14(8-9-16(17)20)15(11-18)19-12-13-6-4-3-5-7-13/h3-10,15,19-20H,2,12H2,1H3. The number of phenolic OH excluding ortho intramolecular Hbond substituents is 1. The Balaban J connectivity index is 2.10. The van der Waals surface area contributed by atoms with Crippen LogP contribution in [0.4, 0.5) is 0 Å². The summed E-state index contributed by atoms with van der Waals surface area (Å²) >= 11 is 0. The number of rotatable bonds is 6. The molecule has 0 spiro atoms. The number of phenols is 1. The second-order valence-corrected chi connectivity index (χ2v) is 4.59. The summed E-state index contributed by atoms with van der Waals surface area (Å²) in [6, 6.07) is 16.6. The van der Waals surface area contributed by atoms with Gasteiger partial charge in [-0.05, 0) is 30.2 Å². The highest BCUT2D eigenvalue weighted by Crippen LogP contribution is 2.29. The van der Waals surface area contributed by atoms with Crippen LogP contribution in [0.1, 0.15) is 24.1 Å². The molecule has 0 amide bonds. The molecule has 4 nitrogen and oxygen atoms in total. The van der Waals surface area contributed by atoms with E-state index in [0.29, 0.717) is 18.9 Å². The molecule has 2 rings (SSSR count). The summed E-state index contributed by atoms with van der Waals surface area (Å²) in [5.41, 5.74) is 1.89. The lowest BCUT2D eigenvalue weighted by molar-refractivity contribution is 0.317. The molecule has 4 heteroatoms. The fraction of sp³-hybridized carbons (Fsp3) is 0.235. The molecule has 0 aliphatic rings. The Morgan fingerprint density at radius 3 is 2.67 bits per heavy atom. The van der Waals surface area contributed by atoms with Gasteiger partial charge in [-0.1, -0.05) is 36.4 Å². The summed E-state index contributed by atoms with van der Waals surface area (Å²) < 4.78 is 5.35. The minimum atomic E-state index is -0.454. The van der Waals surface area contributed by atoms with Crippen LogP contribution in [0.5, 0.6) is 11.5 Å². The first kappa shape index (κ1) is 14.9. The largest absolute Gasteiger partial charge is 0.504 e. The van der Waals surface area contributed by atoms with Crippen LogP contribution in [-0.4, -0.2) is 11.7 Å². The molecule has 108 valence electrons. The van der Waals surface area contributed by atoms with Crippen LogP contribution >= 0.6 is 0 Å². The highest BCUT2D eigenvalue weighted by atomic mass is 16.5. The van der Waals surface area contributed by atoms with E-state index in [4.69, 9.17) is 4.74 Å². The molecule has 0 fully saturated rings. The van der Waals surface area contributed by atoms with E-state index >= 15 is 0 Å². The van der Waals surface area contributed by atoms with Crippen LogP contribution in [-0.2, 0) is 6.54 Å². The third-order valence-corrected chi connectivity index (χ3v) is 3.10. The smallest absolute Gasteiger partial charge is 0.161 e. The highest BCUT2D eigenvalue weighted by Gasteiger charge is 2.13. The topological polar surface area (TPSA) is 65.3 Å². The second kappa shape index (κ2) is 7.32. The average molecular weight is 282 g/mol. The van der Waals surface area contributed by atoms with Crippen molar-refractivity contribution in [2.24, 2.45) is 0 Å². The molecule has 2 aromatic carbocycles. The van der Waals surface area contributed by atoms with Crippen molar-refractivity contribution in [2.75, 3.05) is 6.61 Å². The van der Waals surface area contributed by atoms with Gasteiger partial charge in [-0.3, -0.25) is 5.32 Å². The van der Waals surface area contributed by atoms with Gasteiger partial charge in [-0.25, -0.2) is 0 Å². The van der Waals surface area contributed by atoms with E-state index in [9.17, 15) is 10.4 Å². The van der Waals surface area contributed by atoms with Crippen molar-refractivity contribution in [2.45, 2.75) is 19.5 Å². The van der Waals surface area contributed by atoms with Crippen molar-refractivity contribution >= 4 is 0 Å². The number of aromatic hydroxyl groups is 1. The monoisotopic (exact) mass is 282 g/mol. The van der Waals surface area contributed by atoms with Gasteiger partial charge >= 0.3 is 0 Å². The minimum absolute atomic E-state index is 0.0837. The zero-order valence-corrected chi connectivity index (χ0v) is 11.9. The first-order chi connectivity index (χ1) is 10.2. The fourth-order valence-electron chi connectivity index (χ4n) is 2.04. The molecular formula is C17H18N2O2. The summed E-state index contributed by atoms with van der Waals surface area (Å²) in [5.74, 6) is 0.483. The van der Waals surface area contributed by atoms with Gasteiger partial charge in [-0.15, -0.1) is 0 Å². The maximum absolute atomic E-state index is 9.70. The van der Waals surface area contributed by atoms with Crippen LogP contribution in [0.25, 0.3) is 0 Å². The van der Waals surface area contributed by atoms with Crippen molar-refractivity contribution in [3.05, 3.63) is 59.7 Å². The Hall–Kier alpha value is -2.51. The normalized spacial score (nSPS) is 11.6. The molecule has 0 bridgehead atoms.